The summed E-state index contributed by atoms with van der Waals surface area (Å²) in [6.45, 7) is 0. The number of hydrogen-bond acceptors (Lipinski definition) is 1. The Kier molecular flexibility index (Phi) is 1.37. The van der Waals surface area contributed by atoms with Crippen LogP contribution in [0.4, 0.5) is 0 Å². The first-order chi connectivity index (χ1) is 4.88. The summed E-state index contributed by atoms with van der Waals surface area (Å²) in [4.78, 5) is 4.20. The van der Waals surface area contributed by atoms with E-state index in [4.69, 9.17) is 0 Å². The highest BCUT2D eigenvalue weighted by molar-refractivity contribution is 14.1. The number of fused-ring (bicyclic) bond motifs is 1. The molecule has 0 radical (unpaired) electrons. The molecular weight excluding hydrogens is 239 g/mol. The molecule has 3 heteroatoms. The van der Waals surface area contributed by atoms with E-state index in [1.165, 1.54) is 5.39 Å². The van der Waals surface area contributed by atoms with Gasteiger partial charge in [0, 0.05) is 17.8 Å². The van der Waals surface area contributed by atoms with Crippen LogP contribution in [0.1, 0.15) is 0 Å². The van der Waals surface area contributed by atoms with E-state index in [1.807, 2.05) is 15.0 Å². The van der Waals surface area contributed by atoms with Gasteiger partial charge in [0.25, 0.3) is 0 Å². The van der Waals surface area contributed by atoms with Gasteiger partial charge in [-0.3, -0.25) is 2.78 Å². The van der Waals surface area contributed by atoms with Crippen LogP contribution in [0.3, 0.4) is 0 Å². The van der Waals surface area contributed by atoms with Crippen LogP contribution in [-0.2, 0) is 0 Å². The van der Waals surface area contributed by atoms with Crippen molar-refractivity contribution < 1.29 is 0 Å². The maximum absolute atomic E-state index is 4.20. The lowest BCUT2D eigenvalue weighted by Gasteiger charge is -1.88. The summed E-state index contributed by atoms with van der Waals surface area (Å²) in [5.41, 5.74) is 1.03. The van der Waals surface area contributed by atoms with Crippen LogP contribution in [0.5, 0.6) is 0 Å². The van der Waals surface area contributed by atoms with Gasteiger partial charge in [0.1, 0.15) is 5.65 Å². The minimum atomic E-state index is 1.03. The molecule has 2 nitrogen and oxygen atoms in total. The molecule has 0 amide bonds. The maximum Gasteiger partial charge on any atom is 0.148 e. The molecule has 0 fully saturated rings. The van der Waals surface area contributed by atoms with Crippen molar-refractivity contribution in [2.75, 3.05) is 0 Å². The van der Waals surface area contributed by atoms with E-state index in [-0.39, 0.29) is 0 Å². The van der Waals surface area contributed by atoms with Gasteiger partial charge in [-0.15, -0.1) is 0 Å². The van der Waals surface area contributed by atoms with E-state index in [1.54, 1.807) is 6.20 Å². The van der Waals surface area contributed by atoms with Gasteiger partial charge in [-0.25, -0.2) is 4.98 Å². The molecular formula is C7H5IN2. The smallest absolute Gasteiger partial charge is 0.148 e. The molecule has 2 aromatic rings. The molecule has 0 spiro atoms. The molecule has 2 rings (SSSR count). The normalized spacial score (nSPS) is 10.5. The Hall–Kier alpha value is -0.580. The SMILES string of the molecule is In1ccc2cccnc21. The van der Waals surface area contributed by atoms with Crippen molar-refractivity contribution in [1.82, 2.24) is 7.76 Å². The lowest BCUT2D eigenvalue weighted by Crippen LogP contribution is -1.77. The second-order valence-electron chi connectivity index (χ2n) is 2.04. The second kappa shape index (κ2) is 2.23. The van der Waals surface area contributed by atoms with Crippen molar-refractivity contribution in [3.05, 3.63) is 30.6 Å². The summed E-state index contributed by atoms with van der Waals surface area (Å²) in [6, 6.07) is 6.05. The topological polar surface area (TPSA) is 17.8 Å². The molecule has 0 aliphatic rings. The highest BCUT2D eigenvalue weighted by atomic mass is 127. The molecule has 0 aromatic carbocycles. The molecule has 50 valence electrons. The van der Waals surface area contributed by atoms with E-state index >= 15 is 0 Å². The quantitative estimate of drug-likeness (QED) is 0.650. The molecule has 10 heavy (non-hydrogen) atoms. The molecule has 0 aliphatic heterocycles. The Morgan fingerprint density at radius 2 is 2.30 bits per heavy atom. The largest absolute Gasteiger partial charge is 0.274 e. The molecule has 0 bridgehead atoms. The van der Waals surface area contributed by atoms with Crippen LogP contribution in [0, 0.1) is 0 Å². The second-order valence-corrected chi connectivity index (χ2v) is 3.08. The Labute approximate surface area is 72.4 Å². The van der Waals surface area contributed by atoms with E-state index in [9.17, 15) is 0 Å². The summed E-state index contributed by atoms with van der Waals surface area (Å²) in [7, 11) is 0. The number of nitrogens with zero attached hydrogens (tertiary/aromatic N) is 2. The van der Waals surface area contributed by atoms with Gasteiger partial charge in [-0.2, -0.15) is 0 Å². The first-order valence-corrected chi connectivity index (χ1v) is 3.92. The van der Waals surface area contributed by atoms with Crippen molar-refractivity contribution >= 4 is 33.9 Å². The van der Waals surface area contributed by atoms with E-state index in [0.717, 1.165) is 5.65 Å². The third kappa shape index (κ3) is 0.811. The van der Waals surface area contributed by atoms with Crippen LogP contribution in [0.25, 0.3) is 11.0 Å². The first-order valence-electron chi connectivity index (χ1n) is 2.96. The summed E-state index contributed by atoms with van der Waals surface area (Å²) in [5.74, 6) is 0. The predicted molar refractivity (Wildman–Crippen MR) is 49.2 cm³/mol. The van der Waals surface area contributed by atoms with Gasteiger partial charge < -0.3 is 0 Å². The fourth-order valence-corrected chi connectivity index (χ4v) is 1.50. The van der Waals surface area contributed by atoms with Crippen molar-refractivity contribution in [2.24, 2.45) is 0 Å². The molecule has 2 aromatic heterocycles. The number of aromatic nitrogens is 2. The van der Waals surface area contributed by atoms with Crippen molar-refractivity contribution in [3.63, 3.8) is 0 Å². The minimum absolute atomic E-state index is 1.03. The monoisotopic (exact) mass is 244 g/mol. The standard InChI is InChI=1S/C7H5IN2/c8-10-5-3-6-2-1-4-9-7(6)10/h1-5H. The van der Waals surface area contributed by atoms with Crippen LogP contribution >= 0.6 is 22.9 Å². The van der Waals surface area contributed by atoms with Gasteiger partial charge in [0.15, 0.2) is 0 Å². The highest BCUT2D eigenvalue weighted by Gasteiger charge is 1.95. The van der Waals surface area contributed by atoms with Gasteiger partial charge in [-0.1, -0.05) is 0 Å². The Morgan fingerprint density at radius 1 is 1.40 bits per heavy atom. The molecule has 2 heterocycles. The summed E-state index contributed by atoms with van der Waals surface area (Å²) in [5, 5.41) is 1.19. The summed E-state index contributed by atoms with van der Waals surface area (Å²) >= 11 is 2.21. The van der Waals surface area contributed by atoms with Crippen LogP contribution in [-0.4, -0.2) is 7.76 Å². The molecule has 0 unspecified atom stereocenters. The van der Waals surface area contributed by atoms with Crippen LogP contribution in [0.15, 0.2) is 30.6 Å². The average Bonchev–Trinajstić information content (AvgIpc) is 2.34. The van der Waals surface area contributed by atoms with Gasteiger partial charge in [0.05, 0.1) is 22.9 Å². The lowest BCUT2D eigenvalue weighted by atomic mass is 10.3. The van der Waals surface area contributed by atoms with E-state index < -0.39 is 0 Å². The third-order valence-corrected chi connectivity index (χ3v) is 2.18. The fraction of sp³-hybridized carbons (Fsp3) is 0. The zero-order valence-corrected chi connectivity index (χ0v) is 7.32. The summed E-state index contributed by atoms with van der Waals surface area (Å²) in [6.07, 6.45) is 3.80. The summed E-state index contributed by atoms with van der Waals surface area (Å²) < 4.78 is 1.98. The fourth-order valence-electron chi connectivity index (χ4n) is 0.934. The molecule has 0 saturated heterocycles. The Morgan fingerprint density at radius 3 is 3.10 bits per heavy atom. The Balaban J connectivity index is 2.93. The van der Waals surface area contributed by atoms with Gasteiger partial charge in [0.2, 0.25) is 0 Å². The average molecular weight is 244 g/mol. The minimum Gasteiger partial charge on any atom is -0.274 e. The molecule has 0 saturated carbocycles. The molecule has 0 atom stereocenters. The van der Waals surface area contributed by atoms with Crippen LogP contribution < -0.4 is 0 Å². The number of pyridine rings is 1. The lowest BCUT2D eigenvalue weighted by molar-refractivity contribution is 1.30. The van der Waals surface area contributed by atoms with Crippen molar-refractivity contribution in [1.29, 1.82) is 0 Å². The number of hydrogen-bond donors (Lipinski definition) is 0. The zero-order valence-electron chi connectivity index (χ0n) is 5.16. The molecule has 0 N–H and O–H groups in total. The predicted octanol–water partition coefficient (Wildman–Crippen LogP) is 2.23. The van der Waals surface area contributed by atoms with Crippen molar-refractivity contribution in [2.45, 2.75) is 0 Å². The Bertz CT molecular complexity index is 353. The third-order valence-electron chi connectivity index (χ3n) is 1.40. The van der Waals surface area contributed by atoms with E-state index in [0.29, 0.717) is 0 Å². The maximum atomic E-state index is 4.20. The van der Waals surface area contributed by atoms with E-state index in [2.05, 4.69) is 40.0 Å². The van der Waals surface area contributed by atoms with Gasteiger partial charge in [-0.05, 0) is 18.2 Å². The zero-order chi connectivity index (χ0) is 6.97. The molecule has 0 aliphatic carbocycles. The number of halogens is 1. The highest BCUT2D eigenvalue weighted by Crippen LogP contribution is 2.13. The van der Waals surface area contributed by atoms with Crippen molar-refractivity contribution in [3.8, 4) is 0 Å². The van der Waals surface area contributed by atoms with Crippen LogP contribution in [0.2, 0.25) is 0 Å². The number of rotatable bonds is 0. The van der Waals surface area contributed by atoms with Gasteiger partial charge >= 0.3 is 0 Å². The first kappa shape index (κ1) is 6.15.